The Morgan fingerprint density at radius 2 is 1.68 bits per heavy atom. The lowest BCUT2D eigenvalue weighted by Gasteiger charge is -2.22. The highest BCUT2D eigenvalue weighted by Gasteiger charge is 2.48. The third kappa shape index (κ3) is 2.99. The van der Waals surface area contributed by atoms with E-state index in [0.717, 1.165) is 11.1 Å². The highest BCUT2D eigenvalue weighted by Crippen LogP contribution is 2.42. The number of rotatable bonds is 3. The van der Waals surface area contributed by atoms with Crippen LogP contribution in [0.4, 0.5) is 5.13 Å². The van der Waals surface area contributed by atoms with Gasteiger partial charge in [0.1, 0.15) is 10.8 Å². The van der Waals surface area contributed by atoms with Crippen LogP contribution in [0.15, 0.2) is 60.2 Å². The first-order valence-corrected chi connectivity index (χ1v) is 9.52. The first kappa shape index (κ1) is 18.1. The molecule has 1 N–H and O–H groups in total. The van der Waals surface area contributed by atoms with Crippen molar-refractivity contribution in [3.8, 4) is 0 Å². The summed E-state index contributed by atoms with van der Waals surface area (Å²) in [6.07, 6.45) is 0. The van der Waals surface area contributed by atoms with Crippen LogP contribution in [0.25, 0.3) is 5.76 Å². The fourth-order valence-electron chi connectivity index (χ4n) is 3.23. The van der Waals surface area contributed by atoms with Crippen LogP contribution in [-0.2, 0) is 9.59 Å². The molecule has 1 aliphatic rings. The largest absolute Gasteiger partial charge is 0.507 e. The van der Waals surface area contributed by atoms with E-state index in [0.29, 0.717) is 15.7 Å². The number of amides is 1. The summed E-state index contributed by atoms with van der Waals surface area (Å²) < 4.78 is 0. The Morgan fingerprint density at radius 3 is 2.29 bits per heavy atom. The Morgan fingerprint density at radius 1 is 1.00 bits per heavy atom. The van der Waals surface area contributed by atoms with E-state index in [1.54, 1.807) is 31.2 Å². The van der Waals surface area contributed by atoms with E-state index in [4.69, 9.17) is 0 Å². The number of carbonyl (C=O) groups excluding carboxylic acids is 2. The summed E-state index contributed by atoms with van der Waals surface area (Å²) in [6, 6.07) is 15.5. The Hall–Kier alpha value is -3.32. The zero-order valence-corrected chi connectivity index (χ0v) is 16.1. The van der Waals surface area contributed by atoms with Gasteiger partial charge < -0.3 is 5.11 Å². The van der Waals surface area contributed by atoms with Gasteiger partial charge in [0.05, 0.1) is 11.6 Å². The molecule has 0 bridgehead atoms. The number of hydrogen-bond acceptors (Lipinski definition) is 6. The van der Waals surface area contributed by atoms with Gasteiger partial charge in [0.25, 0.3) is 5.78 Å². The Balaban J connectivity index is 1.94. The molecule has 140 valence electrons. The normalized spacial score (nSPS) is 18.6. The first-order chi connectivity index (χ1) is 13.5. The van der Waals surface area contributed by atoms with Gasteiger partial charge in [0.15, 0.2) is 0 Å². The van der Waals surface area contributed by atoms with E-state index in [1.165, 1.54) is 16.2 Å². The maximum absolute atomic E-state index is 12.9. The molecule has 1 atom stereocenters. The smallest absolute Gasteiger partial charge is 0.301 e. The fraction of sp³-hybridized carbons (Fsp3) is 0.143. The van der Waals surface area contributed by atoms with Crippen molar-refractivity contribution >= 4 is 33.9 Å². The van der Waals surface area contributed by atoms with Crippen LogP contribution in [0.1, 0.15) is 27.7 Å². The number of carbonyl (C=O) groups is 2. The maximum atomic E-state index is 12.9. The fourth-order valence-corrected chi connectivity index (χ4v) is 3.94. The van der Waals surface area contributed by atoms with Crippen molar-refractivity contribution in [1.29, 1.82) is 0 Å². The van der Waals surface area contributed by atoms with E-state index in [2.05, 4.69) is 10.2 Å². The molecule has 0 spiro atoms. The van der Waals surface area contributed by atoms with E-state index < -0.39 is 17.7 Å². The molecule has 1 fully saturated rings. The number of nitrogens with zero attached hydrogens (tertiary/aromatic N) is 3. The lowest BCUT2D eigenvalue weighted by Crippen LogP contribution is -2.29. The molecule has 1 amide bonds. The average Bonchev–Trinajstić information content (AvgIpc) is 3.24. The molecule has 6 nitrogen and oxygen atoms in total. The molecule has 2 heterocycles. The van der Waals surface area contributed by atoms with E-state index in [1.807, 2.05) is 37.3 Å². The molecule has 1 aromatic heterocycles. The molecular formula is C21H17N3O3S. The van der Waals surface area contributed by atoms with Gasteiger partial charge >= 0.3 is 5.91 Å². The third-order valence-electron chi connectivity index (χ3n) is 4.61. The van der Waals surface area contributed by atoms with Gasteiger partial charge in [-0.05, 0) is 19.4 Å². The topological polar surface area (TPSA) is 83.4 Å². The monoisotopic (exact) mass is 391 g/mol. The lowest BCUT2D eigenvalue weighted by atomic mass is 9.95. The summed E-state index contributed by atoms with van der Waals surface area (Å²) in [5.74, 6) is -1.66. The van der Waals surface area contributed by atoms with Crippen LogP contribution in [0.2, 0.25) is 0 Å². The zero-order valence-electron chi connectivity index (χ0n) is 15.3. The standard InChI is InChI=1S/C21H17N3O3S/c1-12-8-10-14(11-9-12)17-16(18(25)15-6-4-3-5-7-15)19(26)20(27)24(17)21-23-22-13(2)28-21/h3-11,17,25H,1-2H3/b18-16+. The molecule has 0 aliphatic carbocycles. The highest BCUT2D eigenvalue weighted by atomic mass is 32.1. The SMILES string of the molecule is Cc1ccc(C2/C(=C(\O)c3ccccc3)C(=O)C(=O)N2c2nnc(C)s2)cc1. The lowest BCUT2D eigenvalue weighted by molar-refractivity contribution is -0.132. The van der Waals surface area contributed by atoms with Gasteiger partial charge in [-0.2, -0.15) is 0 Å². The van der Waals surface area contributed by atoms with Crippen LogP contribution in [0, 0.1) is 13.8 Å². The molecule has 1 aliphatic heterocycles. The summed E-state index contributed by atoms with van der Waals surface area (Å²) in [6.45, 7) is 3.74. The molecule has 4 rings (SSSR count). The Labute approximate surface area is 165 Å². The maximum Gasteiger partial charge on any atom is 0.301 e. The Kier molecular flexibility index (Phi) is 4.52. The average molecular weight is 391 g/mol. The van der Waals surface area contributed by atoms with Gasteiger partial charge in [-0.1, -0.05) is 71.5 Å². The molecule has 1 saturated heterocycles. The molecule has 7 heteroatoms. The van der Waals surface area contributed by atoms with Gasteiger partial charge in [-0.15, -0.1) is 10.2 Å². The van der Waals surface area contributed by atoms with Gasteiger partial charge in [0.2, 0.25) is 5.13 Å². The zero-order chi connectivity index (χ0) is 19.8. The molecule has 0 radical (unpaired) electrons. The summed E-state index contributed by atoms with van der Waals surface area (Å²) >= 11 is 1.23. The van der Waals surface area contributed by atoms with E-state index in [9.17, 15) is 14.7 Å². The van der Waals surface area contributed by atoms with Crippen molar-refractivity contribution in [2.75, 3.05) is 4.90 Å². The predicted octanol–water partition coefficient (Wildman–Crippen LogP) is 3.78. The molecule has 3 aromatic rings. The van der Waals surface area contributed by atoms with Crippen LogP contribution in [-0.4, -0.2) is 27.0 Å². The third-order valence-corrected chi connectivity index (χ3v) is 5.44. The minimum absolute atomic E-state index is 0.0490. The number of Topliss-reactive ketones (excluding diaryl/α,β-unsaturated/α-hetero) is 1. The number of ketones is 1. The molecule has 2 aromatic carbocycles. The van der Waals surface area contributed by atoms with Crippen molar-refractivity contribution in [3.05, 3.63) is 81.9 Å². The number of aliphatic hydroxyl groups is 1. The number of hydrogen-bond donors (Lipinski definition) is 1. The van der Waals surface area contributed by atoms with Crippen LogP contribution in [0.5, 0.6) is 0 Å². The van der Waals surface area contributed by atoms with Crippen molar-refractivity contribution in [2.45, 2.75) is 19.9 Å². The highest BCUT2D eigenvalue weighted by molar-refractivity contribution is 7.15. The second-order valence-corrected chi connectivity index (χ2v) is 7.71. The van der Waals surface area contributed by atoms with Crippen LogP contribution >= 0.6 is 11.3 Å². The quantitative estimate of drug-likeness (QED) is 0.417. The van der Waals surface area contributed by atoms with Crippen molar-refractivity contribution in [1.82, 2.24) is 10.2 Å². The minimum atomic E-state index is -0.770. The number of anilines is 1. The minimum Gasteiger partial charge on any atom is -0.507 e. The van der Waals surface area contributed by atoms with Gasteiger partial charge in [-0.25, -0.2) is 0 Å². The van der Waals surface area contributed by atoms with Crippen molar-refractivity contribution in [2.24, 2.45) is 0 Å². The van der Waals surface area contributed by atoms with E-state index >= 15 is 0 Å². The summed E-state index contributed by atoms with van der Waals surface area (Å²) in [7, 11) is 0. The molecule has 1 unspecified atom stereocenters. The second-order valence-electron chi connectivity index (χ2n) is 6.55. The number of aryl methyl sites for hydroxylation is 2. The predicted molar refractivity (Wildman–Crippen MR) is 107 cm³/mol. The van der Waals surface area contributed by atoms with Crippen molar-refractivity contribution < 1.29 is 14.7 Å². The Bertz CT molecular complexity index is 1090. The van der Waals surface area contributed by atoms with Crippen molar-refractivity contribution in [3.63, 3.8) is 0 Å². The second kappa shape index (κ2) is 7.01. The van der Waals surface area contributed by atoms with Gasteiger partial charge in [0, 0.05) is 5.56 Å². The summed E-state index contributed by atoms with van der Waals surface area (Å²) in [5, 5.41) is 20.0. The number of benzene rings is 2. The first-order valence-electron chi connectivity index (χ1n) is 8.70. The molecular weight excluding hydrogens is 374 g/mol. The van der Waals surface area contributed by atoms with Crippen LogP contribution in [0.3, 0.4) is 0 Å². The van der Waals surface area contributed by atoms with Gasteiger partial charge in [-0.3, -0.25) is 14.5 Å². The number of aliphatic hydroxyl groups excluding tert-OH is 1. The number of aromatic nitrogens is 2. The molecule has 28 heavy (non-hydrogen) atoms. The molecule has 0 saturated carbocycles. The van der Waals surface area contributed by atoms with Crippen LogP contribution < -0.4 is 4.90 Å². The summed E-state index contributed by atoms with van der Waals surface area (Å²) in [5.41, 5.74) is 2.30. The van der Waals surface area contributed by atoms with E-state index in [-0.39, 0.29) is 11.3 Å². The summed E-state index contributed by atoms with van der Waals surface area (Å²) in [4.78, 5) is 27.1.